The van der Waals surface area contributed by atoms with Crippen molar-refractivity contribution >= 4 is 28.8 Å². The number of amides is 1. The van der Waals surface area contributed by atoms with Gasteiger partial charge in [0, 0.05) is 29.8 Å². The van der Waals surface area contributed by atoms with Crippen LogP contribution in [0.25, 0.3) is 0 Å². The standard InChI is InChI=1S/C17H21ClN2O4S/c1-12-11-20(6-7-24-9-8-22-2)17(25-12)19-16(21)14-10-13(18)4-5-15(14)23-3/h4-5,10-11H,6-9H2,1-3H3. The lowest BCUT2D eigenvalue weighted by molar-refractivity contribution is 0.0663. The Morgan fingerprint density at radius 3 is 2.80 bits per heavy atom. The first-order chi connectivity index (χ1) is 12.0. The Balaban J connectivity index is 2.20. The van der Waals surface area contributed by atoms with Crippen molar-refractivity contribution in [2.45, 2.75) is 13.5 Å². The van der Waals surface area contributed by atoms with Gasteiger partial charge in [0.05, 0.1) is 32.5 Å². The maximum Gasteiger partial charge on any atom is 0.283 e. The van der Waals surface area contributed by atoms with Crippen LogP contribution in [0.1, 0.15) is 15.2 Å². The fourth-order valence-corrected chi connectivity index (χ4v) is 3.18. The third-order valence-electron chi connectivity index (χ3n) is 3.33. The maximum absolute atomic E-state index is 12.6. The molecular formula is C17H21ClN2O4S. The number of halogens is 1. The Bertz CT molecular complexity index is 785. The van der Waals surface area contributed by atoms with E-state index in [2.05, 4.69) is 4.99 Å². The van der Waals surface area contributed by atoms with Crippen molar-refractivity contribution in [3.05, 3.63) is 44.7 Å². The minimum atomic E-state index is -0.393. The smallest absolute Gasteiger partial charge is 0.283 e. The summed E-state index contributed by atoms with van der Waals surface area (Å²) < 4.78 is 17.5. The second-order valence-corrected chi connectivity index (χ2v) is 6.83. The van der Waals surface area contributed by atoms with Gasteiger partial charge in [-0.05, 0) is 25.1 Å². The summed E-state index contributed by atoms with van der Waals surface area (Å²) >= 11 is 7.43. The van der Waals surface area contributed by atoms with Crippen LogP contribution in [0.4, 0.5) is 0 Å². The number of hydrogen-bond acceptors (Lipinski definition) is 5. The third-order valence-corrected chi connectivity index (χ3v) is 4.50. The van der Waals surface area contributed by atoms with Crippen LogP contribution in [-0.2, 0) is 16.0 Å². The number of aromatic nitrogens is 1. The SMILES string of the molecule is COCCOCCn1cc(C)sc1=NC(=O)c1cc(Cl)ccc1OC. The molecule has 8 heteroatoms. The van der Waals surface area contributed by atoms with Crippen LogP contribution in [0.2, 0.25) is 5.02 Å². The second-order valence-electron chi connectivity index (χ2n) is 5.18. The molecule has 136 valence electrons. The Morgan fingerprint density at radius 2 is 2.08 bits per heavy atom. The van der Waals surface area contributed by atoms with Crippen molar-refractivity contribution in [2.75, 3.05) is 34.0 Å². The highest BCUT2D eigenvalue weighted by Crippen LogP contribution is 2.23. The summed E-state index contributed by atoms with van der Waals surface area (Å²) in [7, 11) is 3.14. The van der Waals surface area contributed by atoms with E-state index in [9.17, 15) is 4.79 Å². The van der Waals surface area contributed by atoms with Crippen molar-refractivity contribution in [3.8, 4) is 5.75 Å². The Kier molecular flexibility index (Phi) is 7.64. The second kappa shape index (κ2) is 9.72. The van der Waals surface area contributed by atoms with Gasteiger partial charge >= 0.3 is 0 Å². The molecule has 2 aromatic rings. The van der Waals surface area contributed by atoms with E-state index in [1.165, 1.54) is 18.4 Å². The monoisotopic (exact) mass is 384 g/mol. The van der Waals surface area contributed by atoms with Crippen molar-refractivity contribution in [1.82, 2.24) is 4.57 Å². The fraction of sp³-hybridized carbons (Fsp3) is 0.412. The van der Waals surface area contributed by atoms with Gasteiger partial charge in [-0.25, -0.2) is 0 Å². The summed E-state index contributed by atoms with van der Waals surface area (Å²) in [6.07, 6.45) is 1.95. The predicted octanol–water partition coefficient (Wildman–Crippen LogP) is 2.92. The first-order valence-corrected chi connectivity index (χ1v) is 8.90. The molecule has 0 N–H and O–H groups in total. The highest BCUT2D eigenvalue weighted by Gasteiger charge is 2.13. The number of ether oxygens (including phenoxy) is 3. The van der Waals surface area contributed by atoms with Crippen LogP contribution in [-0.4, -0.2) is 44.5 Å². The average Bonchev–Trinajstić information content (AvgIpc) is 2.94. The number of carbonyl (C=O) groups excluding carboxylic acids is 1. The molecule has 0 unspecified atom stereocenters. The van der Waals surface area contributed by atoms with Gasteiger partial charge in [-0.3, -0.25) is 4.79 Å². The van der Waals surface area contributed by atoms with E-state index < -0.39 is 5.91 Å². The largest absolute Gasteiger partial charge is 0.496 e. The molecule has 6 nitrogen and oxygen atoms in total. The number of thiazole rings is 1. The Hall–Kier alpha value is -1.67. The number of hydrogen-bond donors (Lipinski definition) is 0. The molecule has 0 atom stereocenters. The molecule has 0 spiro atoms. The van der Waals surface area contributed by atoms with Crippen LogP contribution >= 0.6 is 22.9 Å². The van der Waals surface area contributed by atoms with E-state index in [1.807, 2.05) is 17.7 Å². The Morgan fingerprint density at radius 1 is 1.28 bits per heavy atom. The van der Waals surface area contributed by atoms with Crippen LogP contribution in [0.5, 0.6) is 5.75 Å². The number of nitrogens with zero attached hydrogens (tertiary/aromatic N) is 2. The van der Waals surface area contributed by atoms with Crippen LogP contribution in [0.15, 0.2) is 29.4 Å². The molecule has 25 heavy (non-hydrogen) atoms. The molecule has 0 radical (unpaired) electrons. The molecule has 1 amide bonds. The molecule has 1 aromatic heterocycles. The molecule has 1 heterocycles. The zero-order chi connectivity index (χ0) is 18.2. The average molecular weight is 385 g/mol. The van der Waals surface area contributed by atoms with Crippen LogP contribution in [0, 0.1) is 6.92 Å². The summed E-state index contributed by atoms with van der Waals surface area (Å²) in [5.74, 6) is 0.0520. The number of benzene rings is 1. The molecule has 0 saturated heterocycles. The third kappa shape index (κ3) is 5.67. The Labute approximate surface area is 155 Å². The minimum absolute atomic E-state index is 0.337. The summed E-state index contributed by atoms with van der Waals surface area (Å²) in [6.45, 7) is 4.17. The lowest BCUT2D eigenvalue weighted by Crippen LogP contribution is -2.19. The maximum atomic E-state index is 12.6. The van der Waals surface area contributed by atoms with E-state index in [1.54, 1.807) is 25.3 Å². The number of methoxy groups -OCH3 is 2. The van der Waals surface area contributed by atoms with Gasteiger partial charge in [0.1, 0.15) is 5.75 Å². The molecule has 0 aliphatic heterocycles. The topological polar surface area (TPSA) is 62.0 Å². The van der Waals surface area contributed by atoms with E-state index >= 15 is 0 Å². The first kappa shape index (κ1) is 19.7. The molecule has 0 saturated carbocycles. The zero-order valence-electron chi connectivity index (χ0n) is 14.5. The zero-order valence-corrected chi connectivity index (χ0v) is 16.0. The molecule has 0 aliphatic carbocycles. The molecular weight excluding hydrogens is 364 g/mol. The number of rotatable bonds is 8. The molecule has 1 aromatic carbocycles. The molecule has 0 bridgehead atoms. The lowest BCUT2D eigenvalue weighted by atomic mass is 10.2. The van der Waals surface area contributed by atoms with Gasteiger partial charge in [-0.2, -0.15) is 4.99 Å². The van der Waals surface area contributed by atoms with Gasteiger partial charge in [-0.15, -0.1) is 11.3 Å². The molecule has 2 rings (SSSR count). The molecule has 0 fully saturated rings. The van der Waals surface area contributed by atoms with E-state index in [4.69, 9.17) is 25.8 Å². The van der Waals surface area contributed by atoms with Gasteiger partial charge in [0.2, 0.25) is 0 Å². The first-order valence-electron chi connectivity index (χ1n) is 7.71. The lowest BCUT2D eigenvalue weighted by Gasteiger charge is -2.06. The summed E-state index contributed by atoms with van der Waals surface area (Å²) in [4.78, 5) is 18.5. The van der Waals surface area contributed by atoms with Crippen molar-refractivity contribution in [1.29, 1.82) is 0 Å². The number of carbonyl (C=O) groups is 1. The minimum Gasteiger partial charge on any atom is -0.496 e. The normalized spacial score (nSPS) is 11.8. The predicted molar refractivity (Wildman–Crippen MR) is 97.6 cm³/mol. The highest BCUT2D eigenvalue weighted by atomic mass is 35.5. The molecule has 0 aliphatic rings. The van der Waals surface area contributed by atoms with E-state index in [0.29, 0.717) is 47.5 Å². The summed E-state index contributed by atoms with van der Waals surface area (Å²) in [6, 6.07) is 4.89. The quantitative estimate of drug-likeness (QED) is 0.656. The van der Waals surface area contributed by atoms with Crippen molar-refractivity contribution in [3.63, 3.8) is 0 Å². The summed E-state index contributed by atoms with van der Waals surface area (Å²) in [5, 5.41) is 0.459. The van der Waals surface area contributed by atoms with Crippen molar-refractivity contribution in [2.24, 2.45) is 4.99 Å². The van der Waals surface area contributed by atoms with Gasteiger partial charge in [0.15, 0.2) is 4.80 Å². The van der Waals surface area contributed by atoms with Crippen LogP contribution < -0.4 is 9.54 Å². The van der Waals surface area contributed by atoms with Gasteiger partial charge in [-0.1, -0.05) is 11.6 Å². The van der Waals surface area contributed by atoms with Crippen LogP contribution in [0.3, 0.4) is 0 Å². The van der Waals surface area contributed by atoms with E-state index in [0.717, 1.165) is 4.88 Å². The number of aryl methyl sites for hydroxylation is 1. The van der Waals surface area contributed by atoms with Gasteiger partial charge < -0.3 is 18.8 Å². The summed E-state index contributed by atoms with van der Waals surface area (Å²) in [5.41, 5.74) is 0.337. The highest BCUT2D eigenvalue weighted by molar-refractivity contribution is 7.09. The fourth-order valence-electron chi connectivity index (χ4n) is 2.15. The van der Waals surface area contributed by atoms with Gasteiger partial charge in [0.25, 0.3) is 5.91 Å². The van der Waals surface area contributed by atoms with Crippen molar-refractivity contribution < 1.29 is 19.0 Å². The van der Waals surface area contributed by atoms with E-state index in [-0.39, 0.29) is 0 Å².